The molecule has 0 aromatic heterocycles. The van der Waals surface area contributed by atoms with Gasteiger partial charge in [0.15, 0.2) is 11.5 Å². The SMILES string of the molecule is COc1ccccc1OC(C)CC(C)(N)CO. The molecule has 0 aliphatic carbocycles. The van der Waals surface area contributed by atoms with Crippen LogP contribution in [0.1, 0.15) is 20.3 Å². The van der Waals surface area contributed by atoms with Crippen molar-refractivity contribution in [1.29, 1.82) is 0 Å². The minimum atomic E-state index is -0.624. The zero-order chi connectivity index (χ0) is 12.9. The molecular weight excluding hydrogens is 218 g/mol. The molecule has 0 fully saturated rings. The third-order valence-corrected chi connectivity index (χ3v) is 2.51. The number of nitrogens with two attached hydrogens (primary N) is 1. The highest BCUT2D eigenvalue weighted by Gasteiger charge is 2.22. The lowest BCUT2D eigenvalue weighted by Gasteiger charge is -2.26. The predicted molar refractivity (Wildman–Crippen MR) is 67.4 cm³/mol. The van der Waals surface area contributed by atoms with Crippen molar-refractivity contribution in [3.8, 4) is 11.5 Å². The third-order valence-electron chi connectivity index (χ3n) is 2.51. The van der Waals surface area contributed by atoms with E-state index in [1.54, 1.807) is 14.0 Å². The molecule has 0 aliphatic rings. The summed E-state index contributed by atoms with van der Waals surface area (Å²) in [5.74, 6) is 1.39. The fourth-order valence-electron chi connectivity index (χ4n) is 1.70. The second-order valence-electron chi connectivity index (χ2n) is 4.60. The van der Waals surface area contributed by atoms with E-state index in [9.17, 15) is 0 Å². The van der Waals surface area contributed by atoms with Gasteiger partial charge in [0, 0.05) is 12.0 Å². The maximum Gasteiger partial charge on any atom is 0.161 e. The topological polar surface area (TPSA) is 64.7 Å². The maximum atomic E-state index is 9.10. The van der Waals surface area contributed by atoms with Crippen molar-refractivity contribution in [2.24, 2.45) is 5.73 Å². The van der Waals surface area contributed by atoms with E-state index in [0.29, 0.717) is 17.9 Å². The van der Waals surface area contributed by atoms with Crippen LogP contribution in [-0.4, -0.2) is 30.5 Å². The first-order chi connectivity index (χ1) is 7.98. The Morgan fingerprint density at radius 1 is 1.35 bits per heavy atom. The van der Waals surface area contributed by atoms with Gasteiger partial charge < -0.3 is 20.3 Å². The summed E-state index contributed by atoms with van der Waals surface area (Å²) in [6, 6.07) is 7.47. The number of hydrogen-bond donors (Lipinski definition) is 2. The van der Waals surface area contributed by atoms with E-state index in [1.165, 1.54) is 0 Å². The van der Waals surface area contributed by atoms with E-state index in [2.05, 4.69) is 0 Å². The summed E-state index contributed by atoms with van der Waals surface area (Å²) in [7, 11) is 1.60. The van der Waals surface area contributed by atoms with Crippen LogP contribution in [0.2, 0.25) is 0 Å². The number of aliphatic hydroxyl groups is 1. The van der Waals surface area contributed by atoms with Crippen LogP contribution >= 0.6 is 0 Å². The van der Waals surface area contributed by atoms with Gasteiger partial charge in [0.2, 0.25) is 0 Å². The molecule has 0 radical (unpaired) electrons. The van der Waals surface area contributed by atoms with Crippen molar-refractivity contribution in [3.05, 3.63) is 24.3 Å². The monoisotopic (exact) mass is 239 g/mol. The molecule has 0 aliphatic heterocycles. The first-order valence-corrected chi connectivity index (χ1v) is 5.68. The van der Waals surface area contributed by atoms with Gasteiger partial charge in [-0.25, -0.2) is 0 Å². The lowest BCUT2D eigenvalue weighted by molar-refractivity contribution is 0.131. The summed E-state index contributed by atoms with van der Waals surface area (Å²) in [5, 5.41) is 9.10. The van der Waals surface area contributed by atoms with E-state index in [1.807, 2.05) is 31.2 Å². The molecule has 0 bridgehead atoms. The molecule has 2 unspecified atom stereocenters. The molecule has 0 spiro atoms. The second-order valence-corrected chi connectivity index (χ2v) is 4.60. The number of aliphatic hydroxyl groups excluding tert-OH is 1. The molecule has 0 amide bonds. The zero-order valence-electron chi connectivity index (χ0n) is 10.6. The molecule has 1 aromatic carbocycles. The predicted octanol–water partition coefficient (Wildman–Crippen LogP) is 1.56. The lowest BCUT2D eigenvalue weighted by atomic mass is 9.97. The van der Waals surface area contributed by atoms with E-state index in [4.69, 9.17) is 20.3 Å². The fourth-order valence-corrected chi connectivity index (χ4v) is 1.70. The van der Waals surface area contributed by atoms with Crippen molar-refractivity contribution < 1.29 is 14.6 Å². The Morgan fingerprint density at radius 2 is 1.94 bits per heavy atom. The summed E-state index contributed by atoms with van der Waals surface area (Å²) >= 11 is 0. The van der Waals surface area contributed by atoms with Crippen LogP contribution in [0.3, 0.4) is 0 Å². The molecule has 1 aromatic rings. The number of benzene rings is 1. The number of rotatable bonds is 6. The Morgan fingerprint density at radius 3 is 2.47 bits per heavy atom. The second kappa shape index (κ2) is 5.89. The van der Waals surface area contributed by atoms with Crippen molar-refractivity contribution in [2.75, 3.05) is 13.7 Å². The van der Waals surface area contributed by atoms with Crippen molar-refractivity contribution in [3.63, 3.8) is 0 Å². The molecule has 1 rings (SSSR count). The minimum absolute atomic E-state index is 0.0629. The number of hydrogen-bond acceptors (Lipinski definition) is 4. The summed E-state index contributed by atoms with van der Waals surface area (Å²) in [5.41, 5.74) is 5.26. The molecule has 17 heavy (non-hydrogen) atoms. The quantitative estimate of drug-likeness (QED) is 0.790. The van der Waals surface area contributed by atoms with Crippen LogP contribution in [0.25, 0.3) is 0 Å². The molecule has 4 nitrogen and oxygen atoms in total. The molecule has 0 saturated heterocycles. The Balaban J connectivity index is 2.65. The first kappa shape index (κ1) is 13.8. The highest BCUT2D eigenvalue weighted by atomic mass is 16.5. The van der Waals surface area contributed by atoms with Crippen LogP contribution < -0.4 is 15.2 Å². The first-order valence-electron chi connectivity index (χ1n) is 5.68. The van der Waals surface area contributed by atoms with Gasteiger partial charge in [-0.1, -0.05) is 12.1 Å². The fraction of sp³-hybridized carbons (Fsp3) is 0.538. The van der Waals surface area contributed by atoms with Gasteiger partial charge in [0.25, 0.3) is 0 Å². The van der Waals surface area contributed by atoms with E-state index in [0.717, 1.165) is 0 Å². The van der Waals surface area contributed by atoms with E-state index < -0.39 is 5.54 Å². The molecule has 3 N–H and O–H groups in total. The molecule has 0 saturated carbocycles. The average molecular weight is 239 g/mol. The van der Waals surface area contributed by atoms with Crippen LogP contribution in [0.15, 0.2) is 24.3 Å². The van der Waals surface area contributed by atoms with Gasteiger partial charge in [-0.2, -0.15) is 0 Å². The van der Waals surface area contributed by atoms with Crippen LogP contribution in [0, 0.1) is 0 Å². The van der Waals surface area contributed by atoms with Gasteiger partial charge in [0.1, 0.15) is 0 Å². The van der Waals surface area contributed by atoms with Gasteiger partial charge in [0.05, 0.1) is 19.8 Å². The Hall–Kier alpha value is -1.26. The molecule has 4 heteroatoms. The molecule has 96 valence electrons. The van der Waals surface area contributed by atoms with E-state index >= 15 is 0 Å². The van der Waals surface area contributed by atoms with Gasteiger partial charge in [-0.3, -0.25) is 0 Å². The summed E-state index contributed by atoms with van der Waals surface area (Å²) in [6.07, 6.45) is 0.482. The summed E-state index contributed by atoms with van der Waals surface area (Å²) in [6.45, 7) is 3.66. The normalized spacial score (nSPS) is 16.1. The largest absolute Gasteiger partial charge is 0.493 e. The smallest absolute Gasteiger partial charge is 0.161 e. The molecular formula is C13H21NO3. The van der Waals surface area contributed by atoms with Crippen LogP contribution in [0.5, 0.6) is 11.5 Å². The highest BCUT2D eigenvalue weighted by molar-refractivity contribution is 5.39. The molecule has 2 atom stereocenters. The summed E-state index contributed by atoms with van der Waals surface area (Å²) in [4.78, 5) is 0. The average Bonchev–Trinajstić information content (AvgIpc) is 2.29. The van der Waals surface area contributed by atoms with E-state index in [-0.39, 0.29) is 12.7 Å². The van der Waals surface area contributed by atoms with Crippen molar-refractivity contribution in [2.45, 2.75) is 31.9 Å². The van der Waals surface area contributed by atoms with Gasteiger partial charge in [-0.15, -0.1) is 0 Å². The number of ether oxygens (including phenoxy) is 2. The minimum Gasteiger partial charge on any atom is -0.493 e. The van der Waals surface area contributed by atoms with Crippen LogP contribution in [0.4, 0.5) is 0 Å². The Labute approximate surface area is 102 Å². The Bertz CT molecular complexity index is 352. The standard InChI is InChI=1S/C13H21NO3/c1-10(8-13(2,14)9-15)17-12-7-5-4-6-11(12)16-3/h4-7,10,15H,8-9,14H2,1-3H3. The van der Waals surface area contributed by atoms with Crippen molar-refractivity contribution >= 4 is 0 Å². The molecule has 0 heterocycles. The lowest BCUT2D eigenvalue weighted by Crippen LogP contribution is -2.43. The van der Waals surface area contributed by atoms with Crippen LogP contribution in [-0.2, 0) is 0 Å². The highest BCUT2D eigenvalue weighted by Crippen LogP contribution is 2.27. The third kappa shape index (κ3) is 4.24. The van der Waals surface area contributed by atoms with Crippen molar-refractivity contribution in [1.82, 2.24) is 0 Å². The Kier molecular flexibility index (Phi) is 4.78. The van der Waals surface area contributed by atoms with Gasteiger partial charge >= 0.3 is 0 Å². The number of methoxy groups -OCH3 is 1. The summed E-state index contributed by atoms with van der Waals surface area (Å²) < 4.78 is 11.0. The number of para-hydroxylation sites is 2. The maximum absolute atomic E-state index is 9.10. The zero-order valence-corrected chi connectivity index (χ0v) is 10.6. The van der Waals surface area contributed by atoms with Gasteiger partial charge in [-0.05, 0) is 26.0 Å².